The van der Waals surface area contributed by atoms with E-state index in [-0.39, 0.29) is 6.61 Å². The van der Waals surface area contributed by atoms with E-state index in [1.165, 1.54) is 0 Å². The molecule has 0 spiro atoms. The number of aliphatic hydroxyl groups excluding tert-OH is 1. The largest absolute Gasteiger partial charge is 0.394 e. The van der Waals surface area contributed by atoms with E-state index < -0.39 is 5.54 Å². The lowest BCUT2D eigenvalue weighted by atomic mass is 9.93. The number of nitrogens with zero attached hydrogens (tertiary/aromatic N) is 1. The van der Waals surface area contributed by atoms with Crippen LogP contribution in [0.2, 0.25) is 10.0 Å². The van der Waals surface area contributed by atoms with Gasteiger partial charge in [-0.2, -0.15) is 0 Å². The Morgan fingerprint density at radius 1 is 1.14 bits per heavy atom. The molecule has 0 saturated carbocycles. The minimum absolute atomic E-state index is 0.105. The Morgan fingerprint density at radius 2 is 1.76 bits per heavy atom. The van der Waals surface area contributed by atoms with E-state index in [9.17, 15) is 5.11 Å². The Bertz CT molecular complexity index is 622. The molecule has 0 saturated heterocycles. The zero-order chi connectivity index (χ0) is 15.5. The average Bonchev–Trinajstić information content (AvgIpc) is 2.50. The first-order valence-corrected chi connectivity index (χ1v) is 7.24. The summed E-state index contributed by atoms with van der Waals surface area (Å²) in [5.74, 6) is 0.989. The fraction of sp³-hybridized carbons (Fsp3) is 0.267. The van der Waals surface area contributed by atoms with Gasteiger partial charge in [-0.05, 0) is 18.6 Å². The van der Waals surface area contributed by atoms with E-state index in [0.29, 0.717) is 21.7 Å². The highest BCUT2D eigenvalue weighted by atomic mass is 35.5. The summed E-state index contributed by atoms with van der Waals surface area (Å²) in [6, 6.07) is 11.3. The molecule has 0 fully saturated rings. The van der Waals surface area contributed by atoms with Gasteiger partial charge in [0.05, 0.1) is 22.2 Å². The SMILES string of the molecule is CNc1nc(NC(C)(CO)c2ccccc2)c(Cl)cc1Cl. The number of hydrogen-bond donors (Lipinski definition) is 3. The van der Waals surface area contributed by atoms with Crippen LogP contribution in [0, 0.1) is 0 Å². The summed E-state index contributed by atoms with van der Waals surface area (Å²) < 4.78 is 0. The summed E-state index contributed by atoms with van der Waals surface area (Å²) in [6.07, 6.45) is 0. The first kappa shape index (κ1) is 15.9. The molecule has 0 aliphatic rings. The van der Waals surface area contributed by atoms with Crippen LogP contribution in [-0.4, -0.2) is 23.7 Å². The van der Waals surface area contributed by atoms with Crippen LogP contribution in [0.25, 0.3) is 0 Å². The molecular weight excluding hydrogens is 309 g/mol. The van der Waals surface area contributed by atoms with E-state index in [0.717, 1.165) is 5.56 Å². The molecule has 0 aliphatic heterocycles. The highest BCUT2D eigenvalue weighted by molar-refractivity contribution is 6.37. The molecule has 1 unspecified atom stereocenters. The van der Waals surface area contributed by atoms with Gasteiger partial charge in [0.15, 0.2) is 0 Å². The minimum Gasteiger partial charge on any atom is -0.394 e. The number of pyridine rings is 1. The molecule has 0 aliphatic carbocycles. The lowest BCUT2D eigenvalue weighted by Crippen LogP contribution is -2.36. The first-order valence-electron chi connectivity index (χ1n) is 6.48. The third kappa shape index (κ3) is 3.40. The number of anilines is 2. The summed E-state index contributed by atoms with van der Waals surface area (Å²) in [4.78, 5) is 4.35. The van der Waals surface area contributed by atoms with E-state index in [1.807, 2.05) is 37.3 Å². The molecule has 0 bridgehead atoms. The molecule has 1 aromatic carbocycles. The molecule has 0 radical (unpaired) electrons. The number of aromatic nitrogens is 1. The predicted molar refractivity (Wildman–Crippen MR) is 88.3 cm³/mol. The number of halogens is 2. The van der Waals surface area contributed by atoms with Crippen LogP contribution in [0.5, 0.6) is 0 Å². The number of hydrogen-bond acceptors (Lipinski definition) is 4. The molecule has 0 amide bonds. The highest BCUT2D eigenvalue weighted by Crippen LogP contribution is 2.33. The van der Waals surface area contributed by atoms with Crippen LogP contribution in [0.3, 0.4) is 0 Å². The van der Waals surface area contributed by atoms with Crippen LogP contribution >= 0.6 is 23.2 Å². The Hall–Kier alpha value is -1.49. The molecule has 4 nitrogen and oxygen atoms in total. The van der Waals surface area contributed by atoms with Crippen LogP contribution in [0.15, 0.2) is 36.4 Å². The summed E-state index contributed by atoms with van der Waals surface area (Å²) in [5, 5.41) is 16.7. The molecule has 1 aromatic heterocycles. The van der Waals surface area contributed by atoms with Gasteiger partial charge in [-0.3, -0.25) is 0 Å². The molecule has 21 heavy (non-hydrogen) atoms. The summed E-state index contributed by atoms with van der Waals surface area (Å²) >= 11 is 12.2. The van der Waals surface area contributed by atoms with Gasteiger partial charge in [0, 0.05) is 7.05 Å². The zero-order valence-electron chi connectivity index (χ0n) is 11.8. The molecule has 6 heteroatoms. The molecule has 1 heterocycles. The van der Waals surface area contributed by atoms with Crippen molar-refractivity contribution >= 4 is 34.8 Å². The van der Waals surface area contributed by atoms with Gasteiger partial charge in [0.2, 0.25) is 0 Å². The van der Waals surface area contributed by atoms with Crippen molar-refractivity contribution in [3.63, 3.8) is 0 Å². The predicted octanol–water partition coefficient (Wildman–Crippen LogP) is 3.75. The molecule has 2 rings (SSSR count). The number of aliphatic hydroxyl groups is 1. The van der Waals surface area contributed by atoms with Gasteiger partial charge in [0.1, 0.15) is 11.6 Å². The highest BCUT2D eigenvalue weighted by Gasteiger charge is 2.27. The first-order chi connectivity index (χ1) is 10.00. The van der Waals surface area contributed by atoms with Gasteiger partial charge < -0.3 is 15.7 Å². The maximum absolute atomic E-state index is 9.80. The molecule has 112 valence electrons. The maximum Gasteiger partial charge on any atom is 0.148 e. The van der Waals surface area contributed by atoms with Crippen molar-refractivity contribution in [2.24, 2.45) is 0 Å². The molecule has 1 atom stereocenters. The van der Waals surface area contributed by atoms with Crippen molar-refractivity contribution in [3.8, 4) is 0 Å². The van der Waals surface area contributed by atoms with Crippen molar-refractivity contribution in [1.82, 2.24) is 4.98 Å². The maximum atomic E-state index is 9.80. The van der Waals surface area contributed by atoms with E-state index in [1.54, 1.807) is 13.1 Å². The molecular formula is C15H17Cl2N3O. The number of nitrogens with one attached hydrogen (secondary N) is 2. The minimum atomic E-state index is -0.698. The van der Waals surface area contributed by atoms with Crippen LogP contribution < -0.4 is 10.6 Å². The van der Waals surface area contributed by atoms with Crippen LogP contribution in [0.1, 0.15) is 12.5 Å². The van der Waals surface area contributed by atoms with Crippen molar-refractivity contribution in [2.45, 2.75) is 12.5 Å². The van der Waals surface area contributed by atoms with Gasteiger partial charge in [-0.15, -0.1) is 0 Å². The third-order valence-corrected chi connectivity index (χ3v) is 3.86. The second-order valence-electron chi connectivity index (χ2n) is 4.88. The standard InChI is InChI=1S/C15H17Cl2N3O/c1-15(9-21,10-6-4-3-5-7-10)20-14-12(17)8-11(16)13(18-2)19-14/h3-8,21H,9H2,1-2H3,(H2,18,19,20). The number of rotatable bonds is 5. The summed E-state index contributed by atoms with van der Waals surface area (Å²) in [7, 11) is 1.73. The number of benzene rings is 1. The second-order valence-corrected chi connectivity index (χ2v) is 5.69. The van der Waals surface area contributed by atoms with E-state index in [4.69, 9.17) is 23.2 Å². The lowest BCUT2D eigenvalue weighted by molar-refractivity contribution is 0.223. The fourth-order valence-corrected chi connectivity index (χ4v) is 2.50. The van der Waals surface area contributed by atoms with Crippen LogP contribution in [-0.2, 0) is 5.54 Å². The topological polar surface area (TPSA) is 57.2 Å². The second kappa shape index (κ2) is 6.52. The van der Waals surface area contributed by atoms with Gasteiger partial charge in [-0.25, -0.2) is 4.98 Å². The quantitative estimate of drug-likeness (QED) is 0.783. The fourth-order valence-electron chi connectivity index (χ4n) is 2.00. The van der Waals surface area contributed by atoms with E-state index >= 15 is 0 Å². The van der Waals surface area contributed by atoms with E-state index in [2.05, 4.69) is 15.6 Å². The zero-order valence-corrected chi connectivity index (χ0v) is 13.3. The molecule has 2 aromatic rings. The van der Waals surface area contributed by atoms with Crippen molar-refractivity contribution in [3.05, 3.63) is 52.0 Å². The van der Waals surface area contributed by atoms with Gasteiger partial charge >= 0.3 is 0 Å². The average molecular weight is 326 g/mol. The Kier molecular flexibility index (Phi) is 4.93. The monoisotopic (exact) mass is 325 g/mol. The normalized spacial score (nSPS) is 13.6. The smallest absolute Gasteiger partial charge is 0.148 e. The Morgan fingerprint density at radius 3 is 2.33 bits per heavy atom. The van der Waals surface area contributed by atoms with Gasteiger partial charge in [-0.1, -0.05) is 53.5 Å². The third-order valence-electron chi connectivity index (χ3n) is 3.29. The Balaban J connectivity index is 2.39. The van der Waals surface area contributed by atoms with Crippen LogP contribution in [0.4, 0.5) is 11.6 Å². The van der Waals surface area contributed by atoms with Crippen molar-refractivity contribution < 1.29 is 5.11 Å². The Labute approximate surface area is 134 Å². The van der Waals surface area contributed by atoms with Crippen molar-refractivity contribution in [1.29, 1.82) is 0 Å². The van der Waals surface area contributed by atoms with Crippen molar-refractivity contribution in [2.75, 3.05) is 24.3 Å². The molecule has 3 N–H and O–H groups in total. The van der Waals surface area contributed by atoms with Gasteiger partial charge in [0.25, 0.3) is 0 Å². The summed E-state index contributed by atoms with van der Waals surface area (Å²) in [6.45, 7) is 1.78. The lowest BCUT2D eigenvalue weighted by Gasteiger charge is -2.30. The summed E-state index contributed by atoms with van der Waals surface area (Å²) in [5.41, 5.74) is 0.239.